The van der Waals surface area contributed by atoms with E-state index in [1.54, 1.807) is 12.1 Å². The highest BCUT2D eigenvalue weighted by Crippen LogP contribution is 2.44. The van der Waals surface area contributed by atoms with E-state index in [2.05, 4.69) is 35.0 Å². The summed E-state index contributed by atoms with van der Waals surface area (Å²) in [6.07, 6.45) is 4.14. The molecule has 3 aromatic rings. The number of rotatable bonds is 7. The molecule has 0 radical (unpaired) electrons. The van der Waals surface area contributed by atoms with Gasteiger partial charge in [0, 0.05) is 18.0 Å². The first-order valence-electron chi connectivity index (χ1n) is 10.5. The number of hydrogen-bond donors (Lipinski definition) is 3. The van der Waals surface area contributed by atoms with Crippen LogP contribution >= 0.6 is 0 Å². The molecule has 6 heteroatoms. The Morgan fingerprint density at radius 2 is 1.53 bits per heavy atom. The highest BCUT2D eigenvalue weighted by molar-refractivity contribution is 5.93. The van der Waals surface area contributed by atoms with Crippen LogP contribution in [0, 0.1) is 0 Å². The minimum atomic E-state index is -0.419. The zero-order valence-corrected chi connectivity index (χ0v) is 17.6. The maximum absolute atomic E-state index is 12.2. The van der Waals surface area contributed by atoms with E-state index in [4.69, 9.17) is 10.6 Å². The van der Waals surface area contributed by atoms with E-state index < -0.39 is 6.09 Å². The molecule has 2 amide bonds. The molecule has 4 N–H and O–H groups in total. The van der Waals surface area contributed by atoms with Crippen LogP contribution in [0.1, 0.15) is 39.4 Å². The molecule has 0 fully saturated rings. The lowest BCUT2D eigenvalue weighted by Gasteiger charge is -2.14. The van der Waals surface area contributed by atoms with Crippen molar-refractivity contribution in [1.82, 2.24) is 10.7 Å². The molecule has 6 nitrogen and oxygen atoms in total. The third-order valence-electron chi connectivity index (χ3n) is 5.54. The average molecular weight is 428 g/mol. The van der Waals surface area contributed by atoms with Crippen LogP contribution in [-0.2, 0) is 4.74 Å². The molecule has 0 bridgehead atoms. The summed E-state index contributed by atoms with van der Waals surface area (Å²) in [6.45, 7) is 0.777. The lowest BCUT2D eigenvalue weighted by molar-refractivity contribution is 0.0953. The second-order valence-electron chi connectivity index (χ2n) is 7.54. The van der Waals surface area contributed by atoms with Crippen LogP contribution in [0.25, 0.3) is 17.2 Å². The zero-order valence-electron chi connectivity index (χ0n) is 17.6. The van der Waals surface area contributed by atoms with Crippen LogP contribution < -0.4 is 16.6 Å². The minimum Gasteiger partial charge on any atom is -0.449 e. The Morgan fingerprint density at radius 1 is 0.906 bits per heavy atom. The van der Waals surface area contributed by atoms with Gasteiger partial charge in [-0.3, -0.25) is 10.2 Å². The van der Waals surface area contributed by atoms with Crippen molar-refractivity contribution in [2.24, 2.45) is 5.84 Å². The minimum absolute atomic E-state index is 0.0531. The second kappa shape index (κ2) is 9.94. The fourth-order valence-corrected chi connectivity index (χ4v) is 3.96. The Bertz CT molecular complexity index is 1090. The Hall–Kier alpha value is -3.90. The number of benzene rings is 3. The van der Waals surface area contributed by atoms with Crippen molar-refractivity contribution in [3.8, 4) is 11.1 Å². The van der Waals surface area contributed by atoms with E-state index in [1.165, 1.54) is 22.3 Å². The van der Waals surface area contributed by atoms with Crippen LogP contribution in [0.3, 0.4) is 0 Å². The highest BCUT2D eigenvalue weighted by atomic mass is 16.5. The molecule has 0 aromatic heterocycles. The van der Waals surface area contributed by atoms with Crippen molar-refractivity contribution in [1.29, 1.82) is 0 Å². The predicted molar refractivity (Wildman–Crippen MR) is 125 cm³/mol. The molecule has 0 spiro atoms. The summed E-state index contributed by atoms with van der Waals surface area (Å²) in [7, 11) is 0. The Morgan fingerprint density at radius 3 is 2.16 bits per heavy atom. The molecule has 0 unspecified atom stereocenters. The Kier molecular flexibility index (Phi) is 6.63. The summed E-state index contributed by atoms with van der Waals surface area (Å²) in [5, 5.41) is 2.79. The lowest BCUT2D eigenvalue weighted by Crippen LogP contribution is -2.29. The number of nitrogens with two attached hydrogens (primary N) is 1. The number of hydrazine groups is 1. The molecular weight excluding hydrogens is 402 g/mol. The van der Waals surface area contributed by atoms with Gasteiger partial charge in [0.05, 0.1) is 0 Å². The van der Waals surface area contributed by atoms with Crippen molar-refractivity contribution in [2.75, 3.05) is 13.2 Å². The number of amides is 2. The van der Waals surface area contributed by atoms with Crippen LogP contribution in [0.2, 0.25) is 0 Å². The van der Waals surface area contributed by atoms with Crippen LogP contribution in [0.4, 0.5) is 4.79 Å². The maximum atomic E-state index is 12.2. The van der Waals surface area contributed by atoms with Crippen molar-refractivity contribution < 1.29 is 14.3 Å². The van der Waals surface area contributed by atoms with Gasteiger partial charge in [-0.05, 0) is 46.4 Å². The SMILES string of the molecule is NNC(=O)c1ccc(C=CCCNC(=O)OCC2c3ccccc3-c3ccccc32)cc1. The van der Waals surface area contributed by atoms with Crippen LogP contribution in [0.15, 0.2) is 78.9 Å². The first kappa shape index (κ1) is 21.3. The molecule has 0 atom stereocenters. The van der Waals surface area contributed by atoms with Gasteiger partial charge in [0.1, 0.15) is 6.61 Å². The third-order valence-corrected chi connectivity index (χ3v) is 5.54. The van der Waals surface area contributed by atoms with Crippen molar-refractivity contribution in [3.05, 3.63) is 101 Å². The van der Waals surface area contributed by atoms with Crippen LogP contribution in [-0.4, -0.2) is 25.2 Å². The van der Waals surface area contributed by atoms with Crippen molar-refractivity contribution >= 4 is 18.1 Å². The number of ether oxygens (including phenoxy) is 1. The summed E-state index contributed by atoms with van der Waals surface area (Å²) in [5.74, 6) is 4.85. The van der Waals surface area contributed by atoms with Crippen LogP contribution in [0.5, 0.6) is 0 Å². The van der Waals surface area contributed by atoms with E-state index in [9.17, 15) is 9.59 Å². The summed E-state index contributed by atoms with van der Waals surface area (Å²) >= 11 is 0. The number of carbonyl (C=O) groups is 2. The standard InChI is InChI=1S/C26H25N3O3/c27-29-25(30)19-14-12-18(13-15-19)7-5-6-16-28-26(31)32-17-24-22-10-3-1-8-20(22)21-9-2-4-11-23(21)24/h1-5,7-15,24H,6,16-17,27H2,(H,28,31)(H,29,30). The monoisotopic (exact) mass is 427 g/mol. The fraction of sp³-hybridized carbons (Fsp3) is 0.154. The number of alkyl carbamates (subject to hydrolysis) is 1. The summed E-state index contributed by atoms with van der Waals surface area (Å²) < 4.78 is 5.53. The molecule has 4 rings (SSSR count). The summed E-state index contributed by atoms with van der Waals surface area (Å²) in [5.41, 5.74) is 8.36. The normalized spacial score (nSPS) is 12.3. The summed E-state index contributed by atoms with van der Waals surface area (Å²) in [6, 6.07) is 23.6. The van der Waals surface area contributed by atoms with E-state index >= 15 is 0 Å². The number of fused-ring (bicyclic) bond motifs is 3. The molecule has 162 valence electrons. The molecule has 32 heavy (non-hydrogen) atoms. The van der Waals surface area contributed by atoms with Gasteiger partial charge in [-0.25, -0.2) is 10.6 Å². The topological polar surface area (TPSA) is 93.5 Å². The van der Waals surface area contributed by atoms with Gasteiger partial charge >= 0.3 is 6.09 Å². The van der Waals surface area contributed by atoms with Crippen molar-refractivity contribution in [3.63, 3.8) is 0 Å². The molecule has 3 aromatic carbocycles. The highest BCUT2D eigenvalue weighted by Gasteiger charge is 2.28. The quantitative estimate of drug-likeness (QED) is 0.228. The lowest BCUT2D eigenvalue weighted by atomic mass is 9.98. The van der Waals surface area contributed by atoms with E-state index in [1.807, 2.05) is 48.6 Å². The number of nitrogen functional groups attached to an aromatic ring is 1. The van der Waals surface area contributed by atoms with Gasteiger partial charge in [0.2, 0.25) is 0 Å². The molecular formula is C26H25N3O3. The molecule has 1 aliphatic rings. The first-order valence-corrected chi connectivity index (χ1v) is 10.5. The molecule has 0 saturated heterocycles. The zero-order chi connectivity index (χ0) is 22.3. The second-order valence-corrected chi connectivity index (χ2v) is 7.54. The van der Waals surface area contributed by atoms with Gasteiger partial charge in [-0.1, -0.05) is 72.8 Å². The molecule has 0 saturated carbocycles. The van der Waals surface area contributed by atoms with E-state index in [0.29, 0.717) is 25.1 Å². The number of carbonyl (C=O) groups excluding carboxylic acids is 2. The summed E-state index contributed by atoms with van der Waals surface area (Å²) in [4.78, 5) is 23.6. The smallest absolute Gasteiger partial charge is 0.407 e. The van der Waals surface area contributed by atoms with Crippen molar-refractivity contribution in [2.45, 2.75) is 12.3 Å². The Balaban J connectivity index is 1.24. The van der Waals surface area contributed by atoms with Gasteiger partial charge in [-0.2, -0.15) is 0 Å². The number of nitrogens with one attached hydrogen (secondary N) is 2. The molecule has 1 aliphatic carbocycles. The van der Waals surface area contributed by atoms with Gasteiger partial charge in [-0.15, -0.1) is 0 Å². The van der Waals surface area contributed by atoms with E-state index in [0.717, 1.165) is 5.56 Å². The van der Waals surface area contributed by atoms with Gasteiger partial charge < -0.3 is 10.1 Å². The average Bonchev–Trinajstić information content (AvgIpc) is 3.16. The molecule has 0 heterocycles. The predicted octanol–water partition coefficient (Wildman–Crippen LogP) is 4.23. The fourth-order valence-electron chi connectivity index (χ4n) is 3.96. The largest absolute Gasteiger partial charge is 0.449 e. The number of hydrogen-bond acceptors (Lipinski definition) is 4. The first-order chi connectivity index (χ1) is 15.7. The van der Waals surface area contributed by atoms with Gasteiger partial charge in [0.25, 0.3) is 5.91 Å². The third kappa shape index (κ3) is 4.71. The molecule has 0 aliphatic heterocycles. The maximum Gasteiger partial charge on any atom is 0.407 e. The van der Waals surface area contributed by atoms with E-state index in [-0.39, 0.29) is 11.8 Å². The van der Waals surface area contributed by atoms with Gasteiger partial charge in [0.15, 0.2) is 0 Å². The Labute approximate surface area is 187 Å².